The Morgan fingerprint density at radius 1 is 1.42 bits per heavy atom. The molecule has 130 valence electrons. The van der Waals surface area contributed by atoms with Crippen LogP contribution in [0, 0.1) is 13.8 Å². The van der Waals surface area contributed by atoms with Crippen LogP contribution < -0.4 is 15.4 Å². The largest absolute Gasteiger partial charge is 0.496 e. The number of carbonyl (C=O) groups is 1. The molecule has 1 aromatic carbocycles. The second-order valence-corrected chi connectivity index (χ2v) is 6.57. The Bertz CT molecular complexity index is 742. The maximum Gasteiger partial charge on any atom is 0.238 e. The molecule has 0 spiro atoms. The van der Waals surface area contributed by atoms with Crippen LogP contribution in [-0.2, 0) is 11.8 Å². The molecule has 0 fully saturated rings. The summed E-state index contributed by atoms with van der Waals surface area (Å²) in [5, 5.41) is 10.4. The highest BCUT2D eigenvalue weighted by Gasteiger charge is 2.14. The van der Waals surface area contributed by atoms with Crippen molar-refractivity contribution in [3.8, 4) is 5.75 Å². The van der Waals surface area contributed by atoms with Crippen LogP contribution in [0.5, 0.6) is 5.75 Å². The molecule has 6 nitrogen and oxygen atoms in total. The van der Waals surface area contributed by atoms with E-state index in [-0.39, 0.29) is 18.5 Å². The summed E-state index contributed by atoms with van der Waals surface area (Å²) < 4.78 is 7.88. The molecule has 1 aromatic heterocycles. The zero-order valence-corrected chi connectivity index (χ0v) is 16.2. The van der Waals surface area contributed by atoms with E-state index in [1.807, 2.05) is 46.0 Å². The molecule has 1 amide bonds. The van der Waals surface area contributed by atoms with Gasteiger partial charge in [-0.3, -0.25) is 9.48 Å². The molecule has 7 heteroatoms. The van der Waals surface area contributed by atoms with Crippen molar-refractivity contribution in [3.05, 3.63) is 39.6 Å². The molecule has 0 unspecified atom stereocenters. The van der Waals surface area contributed by atoms with Gasteiger partial charge in [0.25, 0.3) is 0 Å². The molecule has 2 rings (SSSR count). The highest BCUT2D eigenvalue weighted by atomic mass is 79.9. The quantitative estimate of drug-likeness (QED) is 0.789. The molecule has 0 aliphatic carbocycles. The first-order chi connectivity index (χ1) is 11.3. The van der Waals surface area contributed by atoms with Gasteiger partial charge in [0, 0.05) is 13.1 Å². The number of ether oxygens (including phenoxy) is 1. The molecule has 2 aromatic rings. The fourth-order valence-electron chi connectivity index (χ4n) is 2.45. The summed E-state index contributed by atoms with van der Waals surface area (Å²) in [6, 6.07) is 5.91. The summed E-state index contributed by atoms with van der Waals surface area (Å²) in [5.41, 5.74) is 3.61. The van der Waals surface area contributed by atoms with Crippen LogP contribution in [0.25, 0.3) is 0 Å². The highest BCUT2D eigenvalue weighted by molar-refractivity contribution is 9.10. The van der Waals surface area contributed by atoms with E-state index in [0.29, 0.717) is 0 Å². The van der Waals surface area contributed by atoms with Gasteiger partial charge in [-0.1, -0.05) is 6.07 Å². The first-order valence-electron chi connectivity index (χ1n) is 7.70. The monoisotopic (exact) mass is 394 g/mol. The van der Waals surface area contributed by atoms with E-state index in [4.69, 9.17) is 4.74 Å². The fraction of sp³-hybridized carbons (Fsp3) is 0.412. The molecule has 0 bridgehead atoms. The summed E-state index contributed by atoms with van der Waals surface area (Å²) in [7, 11) is 3.49. The average molecular weight is 395 g/mol. The Morgan fingerprint density at radius 2 is 2.12 bits per heavy atom. The molecule has 0 radical (unpaired) electrons. The minimum Gasteiger partial charge on any atom is -0.496 e. The predicted octanol–water partition coefficient (Wildman–Crippen LogP) is 3.10. The predicted molar refractivity (Wildman–Crippen MR) is 98.4 cm³/mol. The molecular formula is C17H23BrN4O2. The molecule has 0 saturated heterocycles. The Balaban J connectivity index is 1.95. The topological polar surface area (TPSA) is 68.2 Å². The van der Waals surface area contributed by atoms with Crippen molar-refractivity contribution in [2.75, 3.05) is 19.0 Å². The van der Waals surface area contributed by atoms with Gasteiger partial charge >= 0.3 is 0 Å². The van der Waals surface area contributed by atoms with Crippen molar-refractivity contribution in [2.45, 2.75) is 26.8 Å². The van der Waals surface area contributed by atoms with Gasteiger partial charge in [0.2, 0.25) is 5.91 Å². The number of aryl methyl sites for hydroxylation is 2. The molecule has 2 N–H and O–H groups in total. The number of hydrogen-bond donors (Lipinski definition) is 2. The highest BCUT2D eigenvalue weighted by Crippen LogP contribution is 2.28. The lowest BCUT2D eigenvalue weighted by atomic mass is 10.1. The van der Waals surface area contributed by atoms with Crippen LogP contribution >= 0.6 is 15.9 Å². The smallest absolute Gasteiger partial charge is 0.238 e. The molecule has 0 saturated carbocycles. The van der Waals surface area contributed by atoms with Crippen LogP contribution in [0.2, 0.25) is 0 Å². The lowest BCUT2D eigenvalue weighted by molar-refractivity contribution is -0.115. The van der Waals surface area contributed by atoms with Crippen molar-refractivity contribution < 1.29 is 9.53 Å². The Hall–Kier alpha value is -1.86. The van der Waals surface area contributed by atoms with Crippen LogP contribution in [0.4, 0.5) is 5.69 Å². The SMILES string of the molecule is COc1ccc([C@@H](C)NCC(=O)Nc2c(C)nn(C)c2C)cc1Br. The Labute approximate surface area is 150 Å². The van der Waals surface area contributed by atoms with Gasteiger partial charge in [-0.05, 0) is 54.4 Å². The minimum atomic E-state index is -0.0892. The van der Waals surface area contributed by atoms with Gasteiger partial charge in [0.15, 0.2) is 0 Å². The second-order valence-electron chi connectivity index (χ2n) is 5.71. The number of nitrogens with zero attached hydrogens (tertiary/aromatic N) is 2. The van der Waals surface area contributed by atoms with Crippen molar-refractivity contribution in [2.24, 2.45) is 7.05 Å². The van der Waals surface area contributed by atoms with Crippen molar-refractivity contribution in [1.82, 2.24) is 15.1 Å². The molecule has 1 heterocycles. The third kappa shape index (κ3) is 4.15. The summed E-state index contributed by atoms with van der Waals surface area (Å²) in [5.74, 6) is 0.694. The number of amides is 1. The normalized spacial score (nSPS) is 12.1. The summed E-state index contributed by atoms with van der Waals surface area (Å²) >= 11 is 3.48. The zero-order chi connectivity index (χ0) is 17.9. The maximum atomic E-state index is 12.2. The first-order valence-corrected chi connectivity index (χ1v) is 8.49. The van der Waals surface area contributed by atoms with Crippen molar-refractivity contribution >= 4 is 27.5 Å². The third-order valence-corrected chi connectivity index (χ3v) is 4.64. The van der Waals surface area contributed by atoms with Crippen LogP contribution in [0.3, 0.4) is 0 Å². The number of aromatic nitrogens is 2. The number of methoxy groups -OCH3 is 1. The summed E-state index contributed by atoms with van der Waals surface area (Å²) in [6.45, 7) is 6.05. The van der Waals surface area contributed by atoms with E-state index < -0.39 is 0 Å². The number of halogens is 1. The second kappa shape index (κ2) is 7.81. The first kappa shape index (κ1) is 18.5. The van der Waals surface area contributed by atoms with Crippen LogP contribution in [0.1, 0.15) is 29.9 Å². The molecule has 24 heavy (non-hydrogen) atoms. The van der Waals surface area contributed by atoms with Crippen LogP contribution in [0.15, 0.2) is 22.7 Å². The van der Waals surface area contributed by atoms with Crippen molar-refractivity contribution in [3.63, 3.8) is 0 Å². The summed E-state index contributed by atoms with van der Waals surface area (Å²) in [4.78, 5) is 12.2. The molecule has 1 atom stereocenters. The molecule has 0 aliphatic rings. The van der Waals surface area contributed by atoms with E-state index in [1.54, 1.807) is 11.8 Å². The van der Waals surface area contributed by atoms with Gasteiger partial charge in [-0.15, -0.1) is 0 Å². The number of anilines is 1. The van der Waals surface area contributed by atoms with E-state index in [9.17, 15) is 4.79 Å². The van der Waals surface area contributed by atoms with Crippen LogP contribution in [-0.4, -0.2) is 29.3 Å². The van der Waals surface area contributed by atoms with E-state index in [2.05, 4.69) is 31.7 Å². The molecular weight excluding hydrogens is 372 g/mol. The average Bonchev–Trinajstić information content (AvgIpc) is 2.78. The molecule has 0 aliphatic heterocycles. The Morgan fingerprint density at radius 3 is 2.67 bits per heavy atom. The Kier molecular flexibility index (Phi) is 6.01. The number of carbonyl (C=O) groups excluding carboxylic acids is 1. The van der Waals surface area contributed by atoms with E-state index >= 15 is 0 Å². The van der Waals surface area contributed by atoms with Gasteiger partial charge in [-0.25, -0.2) is 0 Å². The van der Waals surface area contributed by atoms with E-state index in [0.717, 1.165) is 32.9 Å². The maximum absolute atomic E-state index is 12.2. The zero-order valence-electron chi connectivity index (χ0n) is 14.6. The number of nitrogens with one attached hydrogen (secondary N) is 2. The van der Waals surface area contributed by atoms with E-state index in [1.165, 1.54) is 0 Å². The van der Waals surface area contributed by atoms with Gasteiger partial charge in [0.05, 0.1) is 35.2 Å². The third-order valence-electron chi connectivity index (χ3n) is 4.02. The van der Waals surface area contributed by atoms with Crippen molar-refractivity contribution in [1.29, 1.82) is 0 Å². The standard InChI is InChI=1S/C17H23BrN4O2/c1-10(13-6-7-15(24-5)14(18)8-13)19-9-16(23)20-17-11(2)21-22(4)12(17)3/h6-8,10,19H,9H2,1-5H3,(H,20,23)/t10-/m1/s1. The number of rotatable bonds is 6. The minimum absolute atomic E-state index is 0.0362. The van der Waals surface area contributed by atoms with Gasteiger partial charge in [-0.2, -0.15) is 5.10 Å². The lowest BCUT2D eigenvalue weighted by Crippen LogP contribution is -2.30. The number of benzene rings is 1. The fourth-order valence-corrected chi connectivity index (χ4v) is 3.01. The summed E-state index contributed by atoms with van der Waals surface area (Å²) in [6.07, 6.45) is 0. The van der Waals surface area contributed by atoms with Gasteiger partial charge in [0.1, 0.15) is 5.75 Å². The lowest BCUT2D eigenvalue weighted by Gasteiger charge is -2.15. The number of hydrogen-bond acceptors (Lipinski definition) is 4. The van der Waals surface area contributed by atoms with Gasteiger partial charge < -0.3 is 15.4 Å².